The summed E-state index contributed by atoms with van der Waals surface area (Å²) in [6.07, 6.45) is 5.38. The molecule has 6 nitrogen and oxygen atoms in total. The van der Waals surface area contributed by atoms with Gasteiger partial charge in [0.25, 0.3) is 0 Å². The van der Waals surface area contributed by atoms with Crippen molar-refractivity contribution >= 4 is 22.9 Å². The quantitative estimate of drug-likeness (QED) is 0.934. The molecule has 1 saturated carbocycles. The number of likely N-dealkylation sites (tertiary alicyclic amines) is 1. The Morgan fingerprint density at radius 1 is 1.21 bits per heavy atom. The summed E-state index contributed by atoms with van der Waals surface area (Å²) in [5.41, 5.74) is 0.606. The first kappa shape index (κ1) is 15.2. The molecule has 1 amide bonds. The summed E-state index contributed by atoms with van der Waals surface area (Å²) in [5.74, 6) is -0.117. The van der Waals surface area contributed by atoms with Crippen molar-refractivity contribution in [3.8, 4) is 0 Å². The van der Waals surface area contributed by atoms with E-state index in [-0.39, 0.29) is 5.91 Å². The number of hydrogen-bond acceptors (Lipinski definition) is 3. The van der Waals surface area contributed by atoms with Crippen LogP contribution in [0.25, 0.3) is 11.0 Å². The molecule has 1 N–H and O–H groups in total. The standard InChI is InChI=1S/C18H21N3O3/c22-16(11-13-5-6-13)20-9-7-18(8-10-20,17(23)24)21-12-19-14-3-1-2-4-15(14)21/h1-4,12-13H,5-11H2,(H,23,24). The van der Waals surface area contributed by atoms with E-state index >= 15 is 0 Å². The number of hydrogen-bond donors (Lipinski definition) is 1. The lowest BCUT2D eigenvalue weighted by atomic mass is 9.86. The number of piperidine rings is 1. The number of benzene rings is 1. The molecule has 0 unspecified atom stereocenters. The molecule has 1 saturated heterocycles. The summed E-state index contributed by atoms with van der Waals surface area (Å²) in [6, 6.07) is 7.57. The van der Waals surface area contributed by atoms with Gasteiger partial charge in [-0.1, -0.05) is 12.1 Å². The van der Waals surface area contributed by atoms with Crippen LogP contribution in [0.4, 0.5) is 0 Å². The molecule has 0 bridgehead atoms. The Kier molecular flexibility index (Phi) is 3.55. The zero-order valence-corrected chi connectivity index (χ0v) is 13.5. The van der Waals surface area contributed by atoms with E-state index in [4.69, 9.17) is 0 Å². The number of para-hydroxylation sites is 2. The van der Waals surface area contributed by atoms with Crippen molar-refractivity contribution in [1.82, 2.24) is 14.5 Å². The molecule has 2 heterocycles. The molecule has 24 heavy (non-hydrogen) atoms. The van der Waals surface area contributed by atoms with E-state index in [0.717, 1.165) is 23.9 Å². The zero-order valence-electron chi connectivity index (χ0n) is 13.5. The number of rotatable bonds is 4. The van der Waals surface area contributed by atoms with E-state index < -0.39 is 11.5 Å². The summed E-state index contributed by atoms with van der Waals surface area (Å²) in [5, 5.41) is 9.95. The number of carbonyl (C=O) groups excluding carboxylic acids is 1. The summed E-state index contributed by atoms with van der Waals surface area (Å²) >= 11 is 0. The lowest BCUT2D eigenvalue weighted by Gasteiger charge is -2.40. The van der Waals surface area contributed by atoms with Crippen LogP contribution in [0.2, 0.25) is 0 Å². The van der Waals surface area contributed by atoms with Gasteiger partial charge in [0.2, 0.25) is 5.91 Å². The van der Waals surface area contributed by atoms with Gasteiger partial charge in [0.05, 0.1) is 17.4 Å². The molecule has 2 aliphatic rings. The van der Waals surface area contributed by atoms with E-state index in [1.165, 1.54) is 0 Å². The predicted octanol–water partition coefficient (Wildman–Crippen LogP) is 2.24. The minimum atomic E-state index is -1.02. The number of carboxylic acids is 1. The minimum Gasteiger partial charge on any atom is -0.479 e. The fourth-order valence-electron chi connectivity index (χ4n) is 3.68. The molecule has 0 radical (unpaired) electrons. The summed E-state index contributed by atoms with van der Waals surface area (Å²) < 4.78 is 1.79. The van der Waals surface area contributed by atoms with E-state index in [1.54, 1.807) is 10.9 Å². The Balaban J connectivity index is 1.59. The third kappa shape index (κ3) is 2.46. The third-order valence-corrected chi connectivity index (χ3v) is 5.42. The van der Waals surface area contributed by atoms with Crippen LogP contribution in [0.15, 0.2) is 30.6 Å². The molecule has 4 rings (SSSR count). The molecule has 1 aliphatic carbocycles. The third-order valence-electron chi connectivity index (χ3n) is 5.42. The smallest absolute Gasteiger partial charge is 0.330 e. The van der Waals surface area contributed by atoms with E-state index in [1.807, 2.05) is 29.2 Å². The average molecular weight is 327 g/mol. The van der Waals surface area contributed by atoms with E-state index in [0.29, 0.717) is 38.3 Å². The molecular formula is C18H21N3O3. The van der Waals surface area contributed by atoms with Crippen molar-refractivity contribution in [2.24, 2.45) is 5.92 Å². The highest BCUT2D eigenvalue weighted by molar-refractivity contribution is 5.83. The molecule has 0 atom stereocenters. The number of fused-ring (bicyclic) bond motifs is 1. The van der Waals surface area contributed by atoms with E-state index in [9.17, 15) is 14.7 Å². The number of aromatic nitrogens is 2. The maximum absolute atomic E-state index is 12.3. The monoisotopic (exact) mass is 327 g/mol. The van der Waals surface area contributed by atoms with Crippen LogP contribution in [-0.4, -0.2) is 44.5 Å². The maximum atomic E-state index is 12.3. The number of carboxylic acid groups (broad SMARTS) is 1. The molecule has 1 aromatic heterocycles. The van der Waals surface area contributed by atoms with Crippen molar-refractivity contribution in [2.45, 2.75) is 37.6 Å². The largest absolute Gasteiger partial charge is 0.479 e. The molecule has 1 aromatic carbocycles. The van der Waals surface area contributed by atoms with Gasteiger partial charge in [0, 0.05) is 19.5 Å². The topological polar surface area (TPSA) is 75.4 Å². The van der Waals surface area contributed by atoms with Crippen molar-refractivity contribution in [2.75, 3.05) is 13.1 Å². The van der Waals surface area contributed by atoms with Gasteiger partial charge in [0.15, 0.2) is 0 Å². The van der Waals surface area contributed by atoms with Gasteiger partial charge in [-0.25, -0.2) is 9.78 Å². The Labute approximate surface area is 140 Å². The fraction of sp³-hybridized carbons (Fsp3) is 0.500. The van der Waals surface area contributed by atoms with Crippen LogP contribution >= 0.6 is 0 Å². The Hall–Kier alpha value is -2.37. The second kappa shape index (κ2) is 5.61. The van der Waals surface area contributed by atoms with Crippen LogP contribution in [-0.2, 0) is 15.1 Å². The van der Waals surface area contributed by atoms with Gasteiger partial charge >= 0.3 is 5.97 Å². The Morgan fingerprint density at radius 3 is 2.58 bits per heavy atom. The molecule has 1 aliphatic heterocycles. The first-order valence-corrected chi connectivity index (χ1v) is 8.54. The van der Waals surface area contributed by atoms with Gasteiger partial charge in [-0.2, -0.15) is 0 Å². The summed E-state index contributed by atoms with van der Waals surface area (Å²) in [7, 11) is 0. The zero-order chi connectivity index (χ0) is 16.7. The van der Waals surface area contributed by atoms with Crippen LogP contribution in [0.5, 0.6) is 0 Å². The Morgan fingerprint density at radius 2 is 1.92 bits per heavy atom. The highest BCUT2D eigenvalue weighted by atomic mass is 16.4. The van der Waals surface area contributed by atoms with Crippen molar-refractivity contribution < 1.29 is 14.7 Å². The van der Waals surface area contributed by atoms with Crippen LogP contribution in [0.3, 0.4) is 0 Å². The molecule has 126 valence electrons. The van der Waals surface area contributed by atoms with Crippen LogP contribution in [0.1, 0.15) is 32.1 Å². The number of amides is 1. The average Bonchev–Trinajstić information content (AvgIpc) is 3.30. The normalized spacial score (nSPS) is 20.2. The summed E-state index contributed by atoms with van der Waals surface area (Å²) in [6.45, 7) is 0.981. The lowest BCUT2D eigenvalue weighted by molar-refractivity contribution is -0.152. The number of carbonyl (C=O) groups is 2. The molecule has 6 heteroatoms. The second-order valence-corrected chi connectivity index (χ2v) is 6.97. The van der Waals surface area contributed by atoms with Gasteiger partial charge in [-0.3, -0.25) is 4.79 Å². The van der Waals surface area contributed by atoms with Gasteiger partial charge in [-0.15, -0.1) is 0 Å². The molecule has 2 aromatic rings. The molecule has 0 spiro atoms. The maximum Gasteiger partial charge on any atom is 0.330 e. The highest BCUT2D eigenvalue weighted by Crippen LogP contribution is 2.36. The van der Waals surface area contributed by atoms with Crippen LogP contribution < -0.4 is 0 Å². The molecular weight excluding hydrogens is 306 g/mol. The number of imidazole rings is 1. The van der Waals surface area contributed by atoms with E-state index in [2.05, 4.69) is 4.98 Å². The van der Waals surface area contributed by atoms with Crippen molar-refractivity contribution in [1.29, 1.82) is 0 Å². The van der Waals surface area contributed by atoms with Crippen molar-refractivity contribution in [3.05, 3.63) is 30.6 Å². The first-order chi connectivity index (χ1) is 11.6. The SMILES string of the molecule is O=C(CC1CC1)N1CCC(C(=O)O)(n2cnc3ccccc32)CC1. The summed E-state index contributed by atoms with van der Waals surface area (Å²) in [4.78, 5) is 30.6. The molecule has 2 fully saturated rings. The van der Waals surface area contributed by atoms with Crippen LogP contribution in [0, 0.1) is 5.92 Å². The Bertz CT molecular complexity index is 786. The first-order valence-electron chi connectivity index (χ1n) is 8.54. The lowest BCUT2D eigenvalue weighted by Crippen LogP contribution is -2.52. The van der Waals surface area contributed by atoms with Gasteiger partial charge < -0.3 is 14.6 Å². The number of nitrogens with zero attached hydrogens (tertiary/aromatic N) is 3. The van der Waals surface area contributed by atoms with Gasteiger partial charge in [-0.05, 0) is 43.7 Å². The van der Waals surface area contributed by atoms with Crippen molar-refractivity contribution in [3.63, 3.8) is 0 Å². The number of aliphatic carboxylic acids is 1. The highest BCUT2D eigenvalue weighted by Gasteiger charge is 2.45. The fourth-order valence-corrected chi connectivity index (χ4v) is 3.68. The second-order valence-electron chi connectivity index (χ2n) is 6.97. The predicted molar refractivity (Wildman–Crippen MR) is 88.5 cm³/mol. The minimum absolute atomic E-state index is 0.173. The van der Waals surface area contributed by atoms with Gasteiger partial charge in [0.1, 0.15) is 5.54 Å².